The van der Waals surface area contributed by atoms with Crippen LogP contribution in [0.1, 0.15) is 16.8 Å². The van der Waals surface area contributed by atoms with E-state index in [0.717, 1.165) is 15.8 Å². The van der Waals surface area contributed by atoms with Gasteiger partial charge in [0, 0.05) is 45.1 Å². The Morgan fingerprint density at radius 3 is 2.70 bits per heavy atom. The molecule has 0 atom stereocenters. The topological polar surface area (TPSA) is 68.9 Å². The van der Waals surface area contributed by atoms with Crippen molar-refractivity contribution in [3.63, 3.8) is 0 Å². The molecule has 0 fully saturated rings. The molecule has 20 heavy (non-hydrogen) atoms. The minimum atomic E-state index is -0.320. The van der Waals surface area contributed by atoms with Crippen molar-refractivity contribution in [3.05, 3.63) is 62.2 Å². The van der Waals surface area contributed by atoms with Crippen LogP contribution in [-0.4, -0.2) is 14.1 Å². The summed E-state index contributed by atoms with van der Waals surface area (Å²) in [6, 6.07) is 3.89. The molecule has 2 aromatic heterocycles. The smallest absolute Gasteiger partial charge is 0.307 e. The first kappa shape index (κ1) is 14.2. The van der Waals surface area contributed by atoms with E-state index in [1.54, 1.807) is 19.4 Å². The number of aryl methyl sites for hydroxylation is 2. The number of nitrogens with zero attached hydrogens (tertiary/aromatic N) is 3. The lowest BCUT2D eigenvalue weighted by atomic mass is 10.2. The second-order valence-electron chi connectivity index (χ2n) is 4.78. The number of hydrogen-bond donors (Lipinski definition) is 1. The van der Waals surface area contributed by atoms with Crippen molar-refractivity contribution in [2.45, 2.75) is 20.0 Å². The molecule has 0 spiro atoms. The molecule has 0 unspecified atom stereocenters. The maximum Gasteiger partial charge on any atom is 0.330 e. The summed E-state index contributed by atoms with van der Waals surface area (Å²) in [7, 11) is 3.12. The molecule has 0 aliphatic rings. The van der Waals surface area contributed by atoms with Crippen molar-refractivity contribution in [2.24, 2.45) is 14.1 Å². The van der Waals surface area contributed by atoms with E-state index in [0.29, 0.717) is 18.7 Å². The number of rotatable bonds is 4. The van der Waals surface area contributed by atoms with E-state index >= 15 is 0 Å². The van der Waals surface area contributed by atoms with Crippen LogP contribution < -0.4 is 16.6 Å². The van der Waals surface area contributed by atoms with Crippen molar-refractivity contribution < 1.29 is 0 Å². The summed E-state index contributed by atoms with van der Waals surface area (Å²) in [4.78, 5) is 27.8. The van der Waals surface area contributed by atoms with Crippen LogP contribution in [0, 0.1) is 6.92 Å². The fourth-order valence-corrected chi connectivity index (χ4v) is 2.02. The zero-order valence-electron chi connectivity index (χ0n) is 11.9. The SMILES string of the molecule is Cc1cccnc1CNCc1cn(C)c(=O)n(C)c1=O. The van der Waals surface area contributed by atoms with E-state index in [4.69, 9.17) is 0 Å². The van der Waals surface area contributed by atoms with Gasteiger partial charge in [0.1, 0.15) is 0 Å². The summed E-state index contributed by atoms with van der Waals surface area (Å²) < 4.78 is 2.52. The highest BCUT2D eigenvalue weighted by atomic mass is 16.2. The Labute approximate surface area is 116 Å². The van der Waals surface area contributed by atoms with E-state index in [1.807, 2.05) is 19.1 Å². The molecule has 0 saturated carbocycles. The Kier molecular flexibility index (Phi) is 4.14. The third-order valence-electron chi connectivity index (χ3n) is 3.24. The average molecular weight is 274 g/mol. The second kappa shape index (κ2) is 5.83. The summed E-state index contributed by atoms with van der Waals surface area (Å²) in [5, 5.41) is 3.18. The second-order valence-corrected chi connectivity index (χ2v) is 4.78. The van der Waals surface area contributed by atoms with Crippen molar-refractivity contribution >= 4 is 0 Å². The molecule has 0 saturated heterocycles. The van der Waals surface area contributed by atoms with Gasteiger partial charge in [0.25, 0.3) is 5.56 Å². The Balaban J connectivity index is 2.11. The molecule has 0 bridgehead atoms. The maximum absolute atomic E-state index is 11.9. The van der Waals surface area contributed by atoms with Crippen molar-refractivity contribution in [2.75, 3.05) is 0 Å². The van der Waals surface area contributed by atoms with Crippen LogP contribution in [0.3, 0.4) is 0 Å². The van der Waals surface area contributed by atoms with E-state index in [2.05, 4.69) is 10.3 Å². The Morgan fingerprint density at radius 1 is 1.25 bits per heavy atom. The Bertz CT molecular complexity index is 731. The number of hydrogen-bond acceptors (Lipinski definition) is 4. The number of aromatic nitrogens is 3. The third kappa shape index (κ3) is 2.85. The fraction of sp³-hybridized carbons (Fsp3) is 0.357. The highest BCUT2D eigenvalue weighted by molar-refractivity contribution is 5.17. The Morgan fingerprint density at radius 2 is 2.00 bits per heavy atom. The minimum absolute atomic E-state index is 0.265. The van der Waals surface area contributed by atoms with Gasteiger partial charge in [0.15, 0.2) is 0 Å². The van der Waals surface area contributed by atoms with Crippen LogP contribution in [-0.2, 0) is 27.2 Å². The summed E-state index contributed by atoms with van der Waals surface area (Å²) in [6.45, 7) is 2.98. The molecule has 6 nitrogen and oxygen atoms in total. The number of pyridine rings is 1. The van der Waals surface area contributed by atoms with Gasteiger partial charge in [-0.1, -0.05) is 6.07 Å². The quantitative estimate of drug-likeness (QED) is 0.857. The fourth-order valence-electron chi connectivity index (χ4n) is 2.02. The van der Waals surface area contributed by atoms with Gasteiger partial charge in [0.05, 0.1) is 5.69 Å². The van der Waals surface area contributed by atoms with Crippen molar-refractivity contribution in [1.29, 1.82) is 0 Å². The molecule has 0 aliphatic carbocycles. The zero-order chi connectivity index (χ0) is 14.7. The molecule has 106 valence electrons. The van der Waals surface area contributed by atoms with Gasteiger partial charge in [-0.15, -0.1) is 0 Å². The zero-order valence-corrected chi connectivity index (χ0v) is 11.9. The molecule has 0 radical (unpaired) electrons. The van der Waals surface area contributed by atoms with Gasteiger partial charge >= 0.3 is 5.69 Å². The molecule has 2 heterocycles. The molecule has 6 heteroatoms. The van der Waals surface area contributed by atoms with Crippen LogP contribution in [0.15, 0.2) is 34.1 Å². The summed E-state index contributed by atoms with van der Waals surface area (Å²) in [5.41, 5.74) is 2.03. The standard InChI is InChI=1S/C14H18N4O2/c1-10-5-4-6-16-12(10)8-15-7-11-9-17(2)14(20)18(3)13(11)19/h4-6,9,15H,7-8H2,1-3H3. The van der Waals surface area contributed by atoms with Crippen molar-refractivity contribution in [3.8, 4) is 0 Å². The third-order valence-corrected chi connectivity index (χ3v) is 3.24. The first-order chi connectivity index (χ1) is 9.50. The van der Waals surface area contributed by atoms with Crippen LogP contribution in [0.5, 0.6) is 0 Å². The lowest BCUT2D eigenvalue weighted by Gasteiger charge is -2.09. The lowest BCUT2D eigenvalue weighted by Crippen LogP contribution is -2.39. The molecular weight excluding hydrogens is 256 g/mol. The first-order valence-corrected chi connectivity index (χ1v) is 6.37. The predicted molar refractivity (Wildman–Crippen MR) is 76.4 cm³/mol. The van der Waals surface area contributed by atoms with E-state index in [-0.39, 0.29) is 11.2 Å². The molecule has 1 N–H and O–H groups in total. The van der Waals surface area contributed by atoms with Crippen LogP contribution in [0.25, 0.3) is 0 Å². The van der Waals surface area contributed by atoms with Crippen molar-refractivity contribution in [1.82, 2.24) is 19.4 Å². The lowest BCUT2D eigenvalue weighted by molar-refractivity contribution is 0.624. The van der Waals surface area contributed by atoms with Crippen LogP contribution >= 0.6 is 0 Å². The number of nitrogens with one attached hydrogen (secondary N) is 1. The molecule has 0 aromatic carbocycles. The summed E-state index contributed by atoms with van der Waals surface area (Å²) in [5.74, 6) is 0. The average Bonchev–Trinajstić information content (AvgIpc) is 2.44. The van der Waals surface area contributed by atoms with Gasteiger partial charge in [-0.2, -0.15) is 0 Å². The molecular formula is C14H18N4O2. The molecule has 2 rings (SSSR count). The highest BCUT2D eigenvalue weighted by Gasteiger charge is 2.06. The highest BCUT2D eigenvalue weighted by Crippen LogP contribution is 2.02. The van der Waals surface area contributed by atoms with Gasteiger partial charge in [0.2, 0.25) is 0 Å². The normalized spacial score (nSPS) is 10.8. The van der Waals surface area contributed by atoms with E-state index in [1.165, 1.54) is 11.6 Å². The monoisotopic (exact) mass is 274 g/mol. The van der Waals surface area contributed by atoms with E-state index < -0.39 is 0 Å². The van der Waals surface area contributed by atoms with Crippen LogP contribution in [0.4, 0.5) is 0 Å². The van der Waals surface area contributed by atoms with Gasteiger partial charge in [-0.3, -0.25) is 14.3 Å². The molecule has 2 aromatic rings. The Hall–Kier alpha value is -2.21. The van der Waals surface area contributed by atoms with Gasteiger partial charge in [-0.25, -0.2) is 4.79 Å². The largest absolute Gasteiger partial charge is 0.330 e. The van der Waals surface area contributed by atoms with Gasteiger partial charge in [-0.05, 0) is 18.6 Å². The maximum atomic E-state index is 11.9. The predicted octanol–water partition coefficient (Wildman–Crippen LogP) is 0.0772. The van der Waals surface area contributed by atoms with E-state index in [9.17, 15) is 9.59 Å². The first-order valence-electron chi connectivity index (χ1n) is 6.37. The van der Waals surface area contributed by atoms with Crippen LogP contribution in [0.2, 0.25) is 0 Å². The summed E-state index contributed by atoms with van der Waals surface area (Å²) >= 11 is 0. The molecule has 0 aliphatic heterocycles. The minimum Gasteiger partial charge on any atom is -0.307 e. The summed E-state index contributed by atoms with van der Waals surface area (Å²) in [6.07, 6.45) is 3.32. The molecule has 0 amide bonds. The van der Waals surface area contributed by atoms with Gasteiger partial charge < -0.3 is 9.88 Å².